The smallest absolute Gasteiger partial charge is 0.329 e. The summed E-state index contributed by atoms with van der Waals surface area (Å²) in [6, 6.07) is 0.221. The number of alkyl halides is 3. The summed E-state index contributed by atoms with van der Waals surface area (Å²) in [5, 5.41) is 1.84. The van der Waals surface area contributed by atoms with Crippen LogP contribution in [-0.4, -0.2) is 30.7 Å². The molecule has 16 heavy (non-hydrogen) atoms. The average Bonchev–Trinajstić information content (AvgIpc) is 2.49. The fraction of sp³-hybridized carbons (Fsp3) is 0.556. The van der Waals surface area contributed by atoms with E-state index < -0.39 is 18.8 Å². The van der Waals surface area contributed by atoms with Gasteiger partial charge in [0.25, 0.3) is 0 Å². The van der Waals surface area contributed by atoms with Crippen molar-refractivity contribution >= 4 is 27.3 Å². The Balaban J connectivity index is 2.66. The van der Waals surface area contributed by atoms with Crippen molar-refractivity contribution in [3.8, 4) is 0 Å². The molecule has 1 aromatic rings. The second-order valence-electron chi connectivity index (χ2n) is 3.44. The first-order chi connectivity index (χ1) is 7.34. The van der Waals surface area contributed by atoms with Gasteiger partial charge < -0.3 is 5.73 Å². The van der Waals surface area contributed by atoms with Gasteiger partial charge in [-0.15, -0.1) is 11.3 Å². The van der Waals surface area contributed by atoms with E-state index in [1.807, 2.05) is 11.4 Å². The lowest BCUT2D eigenvalue weighted by Gasteiger charge is -2.28. The molecule has 0 aromatic carbocycles. The second kappa shape index (κ2) is 5.48. The Morgan fingerprint density at radius 2 is 2.19 bits per heavy atom. The fourth-order valence-electron chi connectivity index (χ4n) is 1.36. The maximum absolute atomic E-state index is 12.6. The molecule has 0 saturated carbocycles. The molecule has 0 aliphatic carbocycles. The van der Waals surface area contributed by atoms with Crippen LogP contribution in [0.1, 0.15) is 4.88 Å². The largest absolute Gasteiger partial charge is 0.405 e. The number of likely N-dealkylation sites (N-methyl/N-ethyl adjacent to an activating group) is 1. The third kappa shape index (κ3) is 3.73. The Morgan fingerprint density at radius 3 is 2.56 bits per heavy atom. The van der Waals surface area contributed by atoms with Crippen LogP contribution in [0.2, 0.25) is 0 Å². The van der Waals surface area contributed by atoms with Crippen molar-refractivity contribution in [2.24, 2.45) is 5.73 Å². The summed E-state index contributed by atoms with van der Waals surface area (Å²) in [6.45, 7) is -0.176. The zero-order chi connectivity index (χ0) is 12.3. The zero-order valence-corrected chi connectivity index (χ0v) is 11.0. The summed E-state index contributed by atoms with van der Waals surface area (Å²) >= 11 is 4.68. The molecule has 2 nitrogen and oxygen atoms in total. The molecule has 0 fully saturated rings. The summed E-state index contributed by atoms with van der Waals surface area (Å²) in [4.78, 5) is 2.09. The quantitative estimate of drug-likeness (QED) is 0.925. The molecule has 0 bridgehead atoms. The Labute approximate surface area is 104 Å². The number of thiophene rings is 1. The summed E-state index contributed by atoms with van der Waals surface area (Å²) in [7, 11) is 1.43. The summed E-state index contributed by atoms with van der Waals surface area (Å²) in [5.41, 5.74) is 5.15. The van der Waals surface area contributed by atoms with Gasteiger partial charge in [-0.25, -0.2) is 0 Å². The van der Waals surface area contributed by atoms with E-state index in [0.717, 1.165) is 9.35 Å². The number of rotatable bonds is 4. The monoisotopic (exact) mass is 316 g/mol. The van der Waals surface area contributed by atoms with Crippen molar-refractivity contribution in [1.29, 1.82) is 0 Å². The van der Waals surface area contributed by atoms with Crippen molar-refractivity contribution in [2.75, 3.05) is 13.6 Å². The minimum absolute atomic E-state index is 0.248. The van der Waals surface area contributed by atoms with Gasteiger partial charge in [0.15, 0.2) is 0 Å². The van der Waals surface area contributed by atoms with Crippen molar-refractivity contribution in [2.45, 2.75) is 18.8 Å². The lowest BCUT2D eigenvalue weighted by Crippen LogP contribution is -2.47. The lowest BCUT2D eigenvalue weighted by atomic mass is 10.2. The van der Waals surface area contributed by atoms with Crippen LogP contribution in [0.25, 0.3) is 0 Å². The highest BCUT2D eigenvalue weighted by atomic mass is 79.9. The van der Waals surface area contributed by atoms with Crippen LogP contribution in [0.15, 0.2) is 15.9 Å². The van der Waals surface area contributed by atoms with Crippen LogP contribution in [-0.2, 0) is 6.54 Å². The van der Waals surface area contributed by atoms with Crippen molar-refractivity contribution in [3.63, 3.8) is 0 Å². The van der Waals surface area contributed by atoms with Crippen molar-refractivity contribution in [3.05, 3.63) is 20.8 Å². The van der Waals surface area contributed by atoms with Gasteiger partial charge in [-0.05, 0) is 29.0 Å². The van der Waals surface area contributed by atoms with E-state index >= 15 is 0 Å². The minimum Gasteiger partial charge on any atom is -0.329 e. The van der Waals surface area contributed by atoms with E-state index in [0.29, 0.717) is 0 Å². The van der Waals surface area contributed by atoms with Crippen LogP contribution >= 0.6 is 27.3 Å². The van der Waals surface area contributed by atoms with Gasteiger partial charge in [0, 0.05) is 27.8 Å². The Hall–Kier alpha value is -0.110. The van der Waals surface area contributed by atoms with E-state index in [9.17, 15) is 13.2 Å². The van der Waals surface area contributed by atoms with Gasteiger partial charge in [-0.2, -0.15) is 13.2 Å². The first-order valence-corrected chi connectivity index (χ1v) is 6.21. The van der Waals surface area contributed by atoms with E-state index in [2.05, 4.69) is 15.9 Å². The van der Waals surface area contributed by atoms with Crippen molar-refractivity contribution in [1.82, 2.24) is 4.90 Å². The van der Waals surface area contributed by atoms with Crippen molar-refractivity contribution < 1.29 is 13.2 Å². The highest BCUT2D eigenvalue weighted by Crippen LogP contribution is 2.26. The molecule has 2 N–H and O–H groups in total. The predicted molar refractivity (Wildman–Crippen MR) is 62.4 cm³/mol. The molecule has 0 aliphatic rings. The molecule has 0 saturated heterocycles. The van der Waals surface area contributed by atoms with Crippen LogP contribution in [0.5, 0.6) is 0 Å². The van der Waals surface area contributed by atoms with Gasteiger partial charge >= 0.3 is 6.18 Å². The summed E-state index contributed by atoms with van der Waals surface area (Å²) < 4.78 is 38.5. The van der Waals surface area contributed by atoms with E-state index in [4.69, 9.17) is 5.73 Å². The molecule has 1 rings (SSSR count). The normalized spacial score (nSPS) is 14.4. The molecule has 1 aromatic heterocycles. The third-order valence-corrected chi connectivity index (χ3v) is 3.84. The molecule has 0 spiro atoms. The van der Waals surface area contributed by atoms with Gasteiger partial charge in [0.1, 0.15) is 6.04 Å². The molecule has 92 valence electrons. The number of hydrogen-bond donors (Lipinski definition) is 1. The van der Waals surface area contributed by atoms with E-state index in [1.54, 1.807) is 0 Å². The number of nitrogens with zero attached hydrogens (tertiary/aromatic N) is 1. The van der Waals surface area contributed by atoms with E-state index in [1.165, 1.54) is 23.3 Å². The molecule has 7 heteroatoms. The standard InChI is InChI=1S/C9H12BrF3N2S/c1-15(8(3-14)9(11,12)13)4-7-2-6(10)5-16-7/h2,5,8H,3-4,14H2,1H3. The molecule has 1 unspecified atom stereocenters. The fourth-order valence-corrected chi connectivity index (χ4v) is 2.87. The maximum Gasteiger partial charge on any atom is 0.405 e. The minimum atomic E-state index is -4.28. The van der Waals surface area contributed by atoms with Gasteiger partial charge in [-0.1, -0.05) is 0 Å². The first-order valence-electron chi connectivity index (χ1n) is 4.54. The molecule has 1 heterocycles. The first kappa shape index (κ1) is 14.0. The third-order valence-electron chi connectivity index (χ3n) is 2.16. The highest BCUT2D eigenvalue weighted by molar-refractivity contribution is 9.10. The zero-order valence-electron chi connectivity index (χ0n) is 8.59. The summed E-state index contributed by atoms with van der Waals surface area (Å²) in [6.07, 6.45) is -4.28. The predicted octanol–water partition coefficient (Wildman–Crippen LogP) is 2.83. The highest BCUT2D eigenvalue weighted by Gasteiger charge is 2.41. The lowest BCUT2D eigenvalue weighted by molar-refractivity contribution is -0.178. The maximum atomic E-state index is 12.6. The molecule has 0 aliphatic heterocycles. The van der Waals surface area contributed by atoms with E-state index in [-0.39, 0.29) is 6.54 Å². The van der Waals surface area contributed by atoms with Crippen LogP contribution in [0.3, 0.4) is 0 Å². The molecular formula is C9H12BrF3N2S. The second-order valence-corrected chi connectivity index (χ2v) is 5.35. The Kier molecular flexibility index (Phi) is 4.78. The van der Waals surface area contributed by atoms with Gasteiger partial charge in [0.2, 0.25) is 0 Å². The number of halogens is 4. The van der Waals surface area contributed by atoms with Gasteiger partial charge in [0.05, 0.1) is 0 Å². The number of nitrogens with two attached hydrogens (primary N) is 1. The molecular weight excluding hydrogens is 305 g/mol. The molecule has 0 amide bonds. The topological polar surface area (TPSA) is 29.3 Å². The molecule has 1 atom stereocenters. The molecule has 0 radical (unpaired) electrons. The van der Waals surface area contributed by atoms with Crippen LogP contribution in [0, 0.1) is 0 Å². The number of hydrogen-bond acceptors (Lipinski definition) is 3. The Bertz CT molecular complexity index is 340. The van der Waals surface area contributed by atoms with Gasteiger partial charge in [-0.3, -0.25) is 4.90 Å². The Morgan fingerprint density at radius 1 is 1.56 bits per heavy atom. The summed E-state index contributed by atoms with van der Waals surface area (Å²) in [5.74, 6) is 0. The SMILES string of the molecule is CN(Cc1cc(Br)cs1)C(CN)C(F)(F)F. The van der Waals surface area contributed by atoms with Crippen LogP contribution in [0.4, 0.5) is 13.2 Å². The average molecular weight is 317 g/mol. The van der Waals surface area contributed by atoms with Crippen LogP contribution < -0.4 is 5.73 Å².